The first-order valence-corrected chi connectivity index (χ1v) is 4.68. The molecule has 0 atom stereocenters. The highest BCUT2D eigenvalue weighted by Gasteiger charge is 2.38. The molecule has 2 nitrogen and oxygen atoms in total. The van der Waals surface area contributed by atoms with Crippen molar-refractivity contribution in [3.63, 3.8) is 0 Å². The van der Waals surface area contributed by atoms with E-state index < -0.39 is 9.84 Å². The Bertz CT molecular complexity index is 179. The summed E-state index contributed by atoms with van der Waals surface area (Å²) in [5.74, 6) is 0. The van der Waals surface area contributed by atoms with Crippen molar-refractivity contribution < 1.29 is 8.42 Å². The van der Waals surface area contributed by atoms with Gasteiger partial charge in [-0.25, -0.2) is 8.42 Å². The molecule has 0 N–H and O–H groups in total. The fraction of sp³-hybridized carbons (Fsp3) is 0.833. The number of sulfone groups is 1. The van der Waals surface area contributed by atoms with E-state index >= 15 is 0 Å². The normalized spacial score (nSPS) is 20.8. The van der Waals surface area contributed by atoms with Crippen LogP contribution in [0.3, 0.4) is 0 Å². The Kier molecular flexibility index (Phi) is 1.55. The van der Waals surface area contributed by atoms with Crippen molar-refractivity contribution in [1.82, 2.24) is 0 Å². The van der Waals surface area contributed by atoms with Gasteiger partial charge < -0.3 is 0 Å². The van der Waals surface area contributed by atoms with E-state index in [-0.39, 0.29) is 5.25 Å². The molecule has 53 valence electrons. The molecule has 0 spiro atoms. The van der Waals surface area contributed by atoms with E-state index in [4.69, 9.17) is 0 Å². The van der Waals surface area contributed by atoms with Gasteiger partial charge in [-0.2, -0.15) is 0 Å². The second kappa shape index (κ2) is 1.97. The van der Waals surface area contributed by atoms with Crippen molar-refractivity contribution in [2.45, 2.75) is 31.9 Å². The molecule has 1 radical (unpaired) electrons. The molecule has 0 aliphatic heterocycles. The molecular weight excluding hydrogens is 136 g/mol. The third kappa shape index (κ3) is 1.26. The van der Waals surface area contributed by atoms with Crippen LogP contribution in [0.15, 0.2) is 0 Å². The highest BCUT2D eigenvalue weighted by molar-refractivity contribution is 7.95. The molecule has 1 aliphatic carbocycles. The van der Waals surface area contributed by atoms with E-state index in [1.807, 2.05) is 0 Å². The maximum absolute atomic E-state index is 11.1. The van der Waals surface area contributed by atoms with Gasteiger partial charge in [0.15, 0.2) is 9.84 Å². The number of hydrogen-bond donors (Lipinski definition) is 0. The molecular formula is C6H11O2S. The molecule has 0 unspecified atom stereocenters. The summed E-state index contributed by atoms with van der Waals surface area (Å²) < 4.78 is 22.1. The van der Waals surface area contributed by atoms with Crippen LogP contribution >= 0.6 is 0 Å². The summed E-state index contributed by atoms with van der Waals surface area (Å²) >= 11 is 0. The summed E-state index contributed by atoms with van der Waals surface area (Å²) in [4.78, 5) is 0. The molecule has 1 fully saturated rings. The zero-order chi connectivity index (χ0) is 7.07. The molecule has 0 heterocycles. The van der Waals surface area contributed by atoms with E-state index in [0.29, 0.717) is 0 Å². The lowest BCUT2D eigenvalue weighted by atomic mass is 10.6. The van der Waals surface area contributed by atoms with Gasteiger partial charge in [-0.15, -0.1) is 0 Å². The molecule has 0 amide bonds. The molecule has 9 heavy (non-hydrogen) atoms. The van der Waals surface area contributed by atoms with Crippen LogP contribution in [0.5, 0.6) is 0 Å². The van der Waals surface area contributed by atoms with Crippen LogP contribution in [-0.2, 0) is 9.84 Å². The summed E-state index contributed by atoms with van der Waals surface area (Å²) in [5, 5.41) is 0.535. The second-order valence-corrected chi connectivity index (χ2v) is 5.24. The predicted molar refractivity (Wildman–Crippen MR) is 36.5 cm³/mol. The molecule has 3 heteroatoms. The Labute approximate surface area is 56.2 Å². The van der Waals surface area contributed by atoms with Crippen LogP contribution in [-0.4, -0.2) is 13.7 Å². The molecule has 1 rings (SSSR count). The minimum atomic E-state index is -2.79. The van der Waals surface area contributed by atoms with E-state index in [1.165, 1.54) is 0 Å². The summed E-state index contributed by atoms with van der Waals surface area (Å²) in [6.45, 7) is 3.45. The van der Waals surface area contributed by atoms with Gasteiger partial charge in [0.1, 0.15) is 0 Å². The van der Waals surface area contributed by atoms with E-state index in [0.717, 1.165) is 18.1 Å². The first kappa shape index (κ1) is 7.06. The Morgan fingerprint density at radius 3 is 1.89 bits per heavy atom. The van der Waals surface area contributed by atoms with Crippen LogP contribution in [0.2, 0.25) is 0 Å². The average Bonchev–Trinajstić information content (AvgIpc) is 2.42. The molecule has 1 aliphatic rings. The first-order valence-electron chi connectivity index (χ1n) is 3.13. The maximum Gasteiger partial charge on any atom is 0.159 e. The largest absolute Gasteiger partial charge is 0.228 e. The average molecular weight is 147 g/mol. The molecule has 0 saturated heterocycles. The standard InChI is InChI=1S/C6H11O2S/c1-5(2)9(7,8)6-3-4-6/h5H,3-4H2,1-2H3. The summed E-state index contributed by atoms with van der Waals surface area (Å²) in [6, 6.07) is 0. The molecule has 0 aromatic rings. The maximum atomic E-state index is 11.1. The fourth-order valence-electron chi connectivity index (χ4n) is 0.669. The van der Waals surface area contributed by atoms with Gasteiger partial charge in [-0.05, 0) is 26.7 Å². The minimum Gasteiger partial charge on any atom is -0.228 e. The van der Waals surface area contributed by atoms with Gasteiger partial charge in [-0.1, -0.05) is 0 Å². The van der Waals surface area contributed by atoms with Crippen LogP contribution in [0, 0.1) is 5.25 Å². The zero-order valence-corrected chi connectivity index (χ0v) is 6.53. The Morgan fingerprint density at radius 1 is 1.33 bits per heavy atom. The minimum absolute atomic E-state index is 0.213. The lowest BCUT2D eigenvalue weighted by molar-refractivity contribution is 0.592. The van der Waals surface area contributed by atoms with Crippen LogP contribution in [0.4, 0.5) is 0 Å². The third-order valence-electron chi connectivity index (χ3n) is 1.48. The van der Waals surface area contributed by atoms with Gasteiger partial charge >= 0.3 is 0 Å². The van der Waals surface area contributed by atoms with Crippen molar-refractivity contribution in [2.75, 3.05) is 0 Å². The molecule has 1 saturated carbocycles. The Hall–Kier alpha value is -0.0500. The smallest absolute Gasteiger partial charge is 0.159 e. The second-order valence-electron chi connectivity index (χ2n) is 2.63. The van der Waals surface area contributed by atoms with E-state index in [9.17, 15) is 8.42 Å². The van der Waals surface area contributed by atoms with Crippen molar-refractivity contribution in [2.24, 2.45) is 0 Å². The molecule has 0 aromatic carbocycles. The first-order chi connectivity index (χ1) is 4.05. The predicted octanol–water partition coefficient (Wildman–Crippen LogP) is 1.14. The van der Waals surface area contributed by atoms with Gasteiger partial charge in [0, 0.05) is 0 Å². The van der Waals surface area contributed by atoms with Crippen molar-refractivity contribution in [1.29, 1.82) is 0 Å². The topological polar surface area (TPSA) is 34.1 Å². The highest BCUT2D eigenvalue weighted by atomic mass is 32.2. The van der Waals surface area contributed by atoms with Crippen molar-refractivity contribution >= 4 is 9.84 Å². The molecule has 0 bridgehead atoms. The zero-order valence-electron chi connectivity index (χ0n) is 5.72. The van der Waals surface area contributed by atoms with Crippen molar-refractivity contribution in [3.8, 4) is 0 Å². The quantitative estimate of drug-likeness (QED) is 0.587. The SMILES string of the molecule is CC(C)S(=O)(=O)[C]1CC1. The van der Waals surface area contributed by atoms with Crippen LogP contribution in [0.1, 0.15) is 26.7 Å². The lowest BCUT2D eigenvalue weighted by Gasteiger charge is -2.02. The monoisotopic (exact) mass is 147 g/mol. The number of rotatable bonds is 2. The summed E-state index contributed by atoms with van der Waals surface area (Å²) in [7, 11) is -2.79. The lowest BCUT2D eigenvalue weighted by Crippen LogP contribution is -2.13. The van der Waals surface area contributed by atoms with E-state index in [2.05, 4.69) is 0 Å². The van der Waals surface area contributed by atoms with Crippen LogP contribution < -0.4 is 0 Å². The van der Waals surface area contributed by atoms with E-state index in [1.54, 1.807) is 13.8 Å². The van der Waals surface area contributed by atoms with Crippen LogP contribution in [0.25, 0.3) is 0 Å². The third-order valence-corrected chi connectivity index (χ3v) is 3.93. The van der Waals surface area contributed by atoms with Gasteiger partial charge in [0.25, 0.3) is 0 Å². The summed E-state index contributed by atoms with van der Waals surface area (Å²) in [6.07, 6.45) is 1.61. The van der Waals surface area contributed by atoms with Gasteiger partial charge in [-0.3, -0.25) is 0 Å². The Balaban J connectivity index is 2.73. The highest BCUT2D eigenvalue weighted by Crippen LogP contribution is 2.39. The summed E-state index contributed by atoms with van der Waals surface area (Å²) in [5.41, 5.74) is 0. The fourth-order valence-corrected chi connectivity index (χ4v) is 2.01. The van der Waals surface area contributed by atoms with Gasteiger partial charge in [0.2, 0.25) is 0 Å². The molecule has 0 aromatic heterocycles. The Morgan fingerprint density at radius 2 is 1.78 bits per heavy atom. The number of hydrogen-bond acceptors (Lipinski definition) is 2. The van der Waals surface area contributed by atoms with Crippen molar-refractivity contribution in [3.05, 3.63) is 5.25 Å². The van der Waals surface area contributed by atoms with Gasteiger partial charge in [0.05, 0.1) is 10.5 Å².